The summed E-state index contributed by atoms with van der Waals surface area (Å²) in [6.45, 7) is 12.9. The topological polar surface area (TPSA) is 99.5 Å². The van der Waals surface area contributed by atoms with Crippen LogP contribution in [0.2, 0.25) is 0 Å². The zero-order chi connectivity index (χ0) is 23.5. The average Bonchev–Trinajstić information content (AvgIpc) is 3.30. The van der Waals surface area contributed by atoms with Crippen LogP contribution in [0.5, 0.6) is 0 Å². The van der Waals surface area contributed by atoms with Gasteiger partial charge in [-0.3, -0.25) is 20.8 Å². The van der Waals surface area contributed by atoms with Gasteiger partial charge in [0.15, 0.2) is 0 Å². The smallest absolute Gasteiger partial charge is 0.741 e. The molecule has 2 aromatic rings. The molecule has 1 aromatic carbocycles. The molecule has 32 heavy (non-hydrogen) atoms. The molecule has 1 aromatic heterocycles. The van der Waals surface area contributed by atoms with Gasteiger partial charge in [0.25, 0.3) is 0 Å². The molecule has 11 heteroatoms. The normalized spacial score (nSPS) is 11.5. The summed E-state index contributed by atoms with van der Waals surface area (Å²) >= 11 is 10.1. The Bertz CT molecular complexity index is 853. The number of rotatable bonds is 7. The van der Waals surface area contributed by atoms with Crippen molar-refractivity contribution < 1.29 is 21.5 Å². The first-order valence-corrected chi connectivity index (χ1v) is 11.0. The first kappa shape index (κ1) is 31.9. The molecular formula is C21H31CuN7OS2. The molecule has 0 saturated heterocycles. The van der Waals surface area contributed by atoms with Crippen LogP contribution >= 0.6 is 0 Å². The molecule has 0 aliphatic carbocycles. The molecule has 0 aliphatic heterocycles. The fourth-order valence-electron chi connectivity index (χ4n) is 1.87. The molecule has 2 N–H and O–H groups in total. The minimum atomic E-state index is 0. The van der Waals surface area contributed by atoms with Crippen molar-refractivity contribution in [3.8, 4) is 11.5 Å². The van der Waals surface area contributed by atoms with E-state index in [-0.39, 0.29) is 27.4 Å². The van der Waals surface area contributed by atoms with Crippen molar-refractivity contribution in [2.45, 2.75) is 41.5 Å². The molecular weight excluding hydrogens is 494 g/mol. The fraction of sp³-hybridized carbons (Fsp3) is 0.381. The van der Waals surface area contributed by atoms with Gasteiger partial charge in [-0.2, -0.15) is 10.2 Å². The molecule has 0 amide bonds. The molecule has 8 nitrogen and oxygen atoms in total. The Balaban J connectivity index is 0. The van der Waals surface area contributed by atoms with Crippen molar-refractivity contribution in [3.05, 3.63) is 42.3 Å². The second-order valence-corrected chi connectivity index (χ2v) is 5.72. The van der Waals surface area contributed by atoms with Gasteiger partial charge < -0.3 is 29.7 Å². The molecule has 1 heterocycles. The van der Waals surface area contributed by atoms with E-state index < -0.39 is 0 Å². The molecule has 0 saturated carbocycles. The van der Waals surface area contributed by atoms with Crippen molar-refractivity contribution in [2.75, 3.05) is 13.1 Å². The van der Waals surface area contributed by atoms with Gasteiger partial charge >= 0.3 is 17.1 Å². The third-order valence-electron chi connectivity index (χ3n) is 3.01. The van der Waals surface area contributed by atoms with E-state index >= 15 is 0 Å². The second-order valence-electron chi connectivity index (χ2n) is 4.94. The zero-order valence-electron chi connectivity index (χ0n) is 19.2. The number of aromatic nitrogens is 1. The predicted molar refractivity (Wildman–Crippen MR) is 137 cm³/mol. The van der Waals surface area contributed by atoms with Gasteiger partial charge in [-0.05, 0) is 36.3 Å². The van der Waals surface area contributed by atoms with E-state index in [2.05, 4.69) is 36.0 Å². The van der Waals surface area contributed by atoms with Crippen LogP contribution in [0.15, 0.2) is 61.2 Å². The first-order valence-electron chi connectivity index (χ1n) is 10.2. The molecule has 0 atom stereocenters. The van der Waals surface area contributed by atoms with E-state index in [0.29, 0.717) is 30.4 Å². The summed E-state index contributed by atoms with van der Waals surface area (Å²) in [4.78, 5) is 12.5. The summed E-state index contributed by atoms with van der Waals surface area (Å²) in [5, 5.41) is 8.79. The zero-order valence-corrected chi connectivity index (χ0v) is 21.8. The van der Waals surface area contributed by atoms with Crippen molar-refractivity contribution >= 4 is 47.5 Å². The van der Waals surface area contributed by atoms with Crippen LogP contribution in [0.25, 0.3) is 11.5 Å². The van der Waals surface area contributed by atoms with E-state index in [1.165, 1.54) is 12.5 Å². The van der Waals surface area contributed by atoms with Gasteiger partial charge in [0.1, 0.15) is 17.7 Å². The van der Waals surface area contributed by atoms with Crippen LogP contribution in [0, 0.1) is 0 Å². The van der Waals surface area contributed by atoms with Crippen LogP contribution in [0.1, 0.15) is 47.2 Å². The maximum absolute atomic E-state index is 5.55. The first-order chi connectivity index (χ1) is 15.1. The molecule has 1 radical (unpaired) electrons. The van der Waals surface area contributed by atoms with Gasteiger partial charge in [-0.1, -0.05) is 45.9 Å². The largest absolute Gasteiger partial charge is 2.00 e. The molecule has 2 rings (SSSR count). The van der Waals surface area contributed by atoms with Crippen LogP contribution in [-0.2, 0) is 42.3 Å². The van der Waals surface area contributed by atoms with Crippen LogP contribution < -0.4 is 10.9 Å². The molecule has 0 bridgehead atoms. The van der Waals surface area contributed by atoms with Crippen molar-refractivity contribution in [2.24, 2.45) is 20.2 Å². The molecule has 0 unspecified atom stereocenters. The SMILES string of the molecule is CC.CC.CCN=C([S-])N/N=C/C(=N/NC([S-])=NCC)c1coc(-c2ccccc2)n1.[Cu+2]. The number of aliphatic imine (C=N–C) groups is 2. The number of nitrogens with one attached hydrogen (secondary N) is 2. The maximum atomic E-state index is 5.55. The van der Waals surface area contributed by atoms with Crippen molar-refractivity contribution in [1.29, 1.82) is 0 Å². The minimum Gasteiger partial charge on any atom is -0.741 e. The summed E-state index contributed by atoms with van der Waals surface area (Å²) in [5.74, 6) is 0.469. The van der Waals surface area contributed by atoms with Gasteiger partial charge in [0, 0.05) is 18.7 Å². The fourth-order valence-corrected chi connectivity index (χ4v) is 2.23. The number of benzene rings is 1. The number of amidine groups is 2. The summed E-state index contributed by atoms with van der Waals surface area (Å²) < 4.78 is 5.55. The Kier molecular flexibility index (Phi) is 20.5. The Morgan fingerprint density at radius 1 is 0.969 bits per heavy atom. The molecule has 0 aliphatic rings. The standard InChI is InChI=1S/C17H21N7OS2.2C2H6.Cu/c1-3-18-16(26)23-20-10-13(22-24-17(27)19-4-2)14-11-25-15(21-14)12-8-6-5-7-9-12;2*1-2;/h5-11H,3-4H2,1-2H3,(H2,18,23,26)(H2,19,24,27);2*1-2H3;/q;;;+2/p-2/b20-10+,22-13-;;;. The third-order valence-corrected chi connectivity index (χ3v) is 3.45. The van der Waals surface area contributed by atoms with E-state index in [1.54, 1.807) is 0 Å². The monoisotopic (exact) mass is 524 g/mol. The van der Waals surface area contributed by atoms with Crippen LogP contribution in [0.4, 0.5) is 0 Å². The van der Waals surface area contributed by atoms with Gasteiger partial charge in [0.2, 0.25) is 5.89 Å². The Labute approximate surface area is 212 Å². The van der Waals surface area contributed by atoms with E-state index in [9.17, 15) is 0 Å². The number of hydrazone groups is 2. The minimum absolute atomic E-state index is 0. The number of nitrogens with zero attached hydrogens (tertiary/aromatic N) is 5. The third kappa shape index (κ3) is 12.5. The summed E-state index contributed by atoms with van der Waals surface area (Å²) in [6, 6.07) is 9.54. The molecule has 0 spiro atoms. The molecule has 0 fully saturated rings. The number of oxazole rings is 1. The van der Waals surface area contributed by atoms with Crippen molar-refractivity contribution in [1.82, 2.24) is 15.8 Å². The predicted octanol–water partition coefficient (Wildman–Crippen LogP) is 4.11. The number of hydrogen-bond acceptors (Lipinski definition) is 8. The van der Waals surface area contributed by atoms with E-state index in [0.717, 1.165) is 5.56 Å². The Morgan fingerprint density at radius 2 is 1.53 bits per heavy atom. The summed E-state index contributed by atoms with van der Waals surface area (Å²) in [7, 11) is 0. The number of hydrogen-bond donors (Lipinski definition) is 2. The Hall–Kier alpha value is -2.33. The van der Waals surface area contributed by atoms with Gasteiger partial charge in [-0.15, -0.1) is 0 Å². The van der Waals surface area contributed by atoms with E-state index in [4.69, 9.17) is 29.7 Å². The van der Waals surface area contributed by atoms with Gasteiger partial charge in [0.05, 0.1) is 6.21 Å². The maximum Gasteiger partial charge on any atom is 2.00 e. The average molecular weight is 525 g/mol. The van der Waals surface area contributed by atoms with Crippen LogP contribution in [0.3, 0.4) is 0 Å². The quantitative estimate of drug-likeness (QED) is 0.186. The van der Waals surface area contributed by atoms with Crippen molar-refractivity contribution in [3.63, 3.8) is 0 Å². The summed E-state index contributed by atoms with van der Waals surface area (Å²) in [5.41, 5.74) is 7.06. The van der Waals surface area contributed by atoms with Gasteiger partial charge in [-0.25, -0.2) is 4.98 Å². The molecule has 179 valence electrons. The Morgan fingerprint density at radius 3 is 2.09 bits per heavy atom. The summed E-state index contributed by atoms with van der Waals surface area (Å²) in [6.07, 6.45) is 2.94. The van der Waals surface area contributed by atoms with Crippen LogP contribution in [-0.4, -0.2) is 40.3 Å². The second kappa shape index (κ2) is 20.6. The van der Waals surface area contributed by atoms with E-state index in [1.807, 2.05) is 71.9 Å².